The quantitative estimate of drug-likeness (QED) is 0.0471. The smallest absolute Gasteiger partial charge is 0.328 e. The fraction of sp³-hybridized carbons (Fsp3) is 0.317. The topological polar surface area (TPSA) is 204 Å². The molecule has 2 amide bonds. The number of carbonyl (C=O) groups is 3. The maximum absolute atomic E-state index is 13.5. The number of amides is 2. The molecule has 5 aromatic rings. The number of hydrogen-bond acceptors (Lipinski definition) is 11. The van der Waals surface area contributed by atoms with Crippen molar-refractivity contribution in [2.24, 2.45) is 11.5 Å². The van der Waals surface area contributed by atoms with Crippen molar-refractivity contribution < 1.29 is 19.1 Å². The van der Waals surface area contributed by atoms with E-state index >= 15 is 0 Å². The van der Waals surface area contributed by atoms with Crippen LogP contribution in [0, 0.1) is 0 Å². The van der Waals surface area contributed by atoms with Crippen molar-refractivity contribution in [3.63, 3.8) is 0 Å². The average Bonchev–Trinajstić information content (AvgIpc) is 3.62. The van der Waals surface area contributed by atoms with Crippen LogP contribution in [0.5, 0.6) is 0 Å². The Hall–Kier alpha value is -6.12. The van der Waals surface area contributed by atoms with Gasteiger partial charge in [0.2, 0.25) is 17.8 Å². The maximum atomic E-state index is 13.5. The lowest BCUT2D eigenvalue weighted by atomic mass is 10.0. The lowest BCUT2D eigenvalue weighted by molar-refractivity contribution is -0.148. The highest BCUT2D eigenvalue weighted by atomic mass is 16.5. The molecule has 14 nitrogen and oxygen atoms in total. The molecular weight excluding hydrogens is 697 g/mol. The van der Waals surface area contributed by atoms with Gasteiger partial charge in [0.15, 0.2) is 5.65 Å². The number of ether oxygens (including phenoxy) is 1. The highest BCUT2D eigenvalue weighted by Crippen LogP contribution is 2.23. The van der Waals surface area contributed by atoms with Gasteiger partial charge in [0.1, 0.15) is 24.5 Å². The molecule has 0 bridgehead atoms. The number of benzene rings is 3. The summed E-state index contributed by atoms with van der Waals surface area (Å²) in [6.07, 6.45) is 8.09. The van der Waals surface area contributed by atoms with Gasteiger partial charge in [-0.2, -0.15) is 15.1 Å². The summed E-state index contributed by atoms with van der Waals surface area (Å²) in [4.78, 5) is 48.9. The molecule has 0 spiro atoms. The predicted octanol–water partition coefficient (Wildman–Crippen LogP) is 3.75. The fourth-order valence-corrected chi connectivity index (χ4v) is 5.73. The van der Waals surface area contributed by atoms with E-state index in [1.54, 1.807) is 10.9 Å². The van der Waals surface area contributed by atoms with Gasteiger partial charge < -0.3 is 37.5 Å². The minimum atomic E-state index is -0.955. The summed E-state index contributed by atoms with van der Waals surface area (Å²) in [5, 5.41) is 17.4. The molecule has 14 heteroatoms. The van der Waals surface area contributed by atoms with E-state index in [1.165, 1.54) is 12.5 Å². The van der Waals surface area contributed by atoms with Crippen LogP contribution < -0.4 is 32.7 Å². The van der Waals surface area contributed by atoms with Gasteiger partial charge in [0.05, 0.1) is 24.2 Å². The first-order chi connectivity index (χ1) is 26.8. The number of nitrogens with two attached hydrogens (primary N) is 2. The lowest BCUT2D eigenvalue weighted by Crippen LogP contribution is -2.55. The molecule has 0 aliphatic carbocycles. The van der Waals surface area contributed by atoms with Gasteiger partial charge in [-0.15, -0.1) is 0 Å². The molecule has 0 aliphatic heterocycles. The monoisotopic (exact) mass is 746 g/mol. The minimum Gasteiger partial charge on any atom is -0.462 e. The predicted molar refractivity (Wildman–Crippen MR) is 216 cm³/mol. The van der Waals surface area contributed by atoms with E-state index in [0.717, 1.165) is 22.9 Å². The van der Waals surface area contributed by atoms with E-state index in [0.29, 0.717) is 49.8 Å². The van der Waals surface area contributed by atoms with Gasteiger partial charge in [-0.3, -0.25) is 9.59 Å². The van der Waals surface area contributed by atoms with Crippen molar-refractivity contribution in [1.82, 2.24) is 30.4 Å². The first-order valence-corrected chi connectivity index (χ1v) is 18.6. The van der Waals surface area contributed by atoms with Crippen molar-refractivity contribution >= 4 is 52.9 Å². The molecule has 2 heterocycles. The summed E-state index contributed by atoms with van der Waals surface area (Å²) >= 11 is 0. The van der Waals surface area contributed by atoms with E-state index in [1.807, 2.05) is 91.1 Å². The van der Waals surface area contributed by atoms with Crippen LogP contribution >= 0.6 is 0 Å². The van der Waals surface area contributed by atoms with E-state index in [4.69, 9.17) is 26.2 Å². The van der Waals surface area contributed by atoms with E-state index < -0.39 is 35.9 Å². The number of hydrogen-bond donors (Lipinski definition) is 6. The zero-order chi connectivity index (χ0) is 38.8. The molecule has 3 atom stereocenters. The van der Waals surface area contributed by atoms with E-state index in [-0.39, 0.29) is 19.6 Å². The van der Waals surface area contributed by atoms with Crippen molar-refractivity contribution in [2.75, 3.05) is 36.9 Å². The molecule has 2 aromatic heterocycles. The molecule has 0 fully saturated rings. The van der Waals surface area contributed by atoms with Crippen LogP contribution in [0.2, 0.25) is 0 Å². The highest BCUT2D eigenvalue weighted by Gasteiger charge is 2.28. The standard InChI is InChI=1S/C41H50N10O4/c1-29(43)38(52)48-35(27-32-17-9-4-10-18-32)39(53)47-34(19-11-12-22-42)40(54)55-26-24-45-41-49-36(44-23-20-30-13-5-2-6-14-30)33-28-46-51(37(33)50-41)25-21-31-15-7-3-8-16-31/h2-10,13-18,21,25,28-29,34-35H,11-12,19-20,22-24,26-27,42-43H2,1H3,(H,47,53)(H,48,52)(H2,44,45,49,50)/b25-21+/t29-,34+,35+/m1/s1. The maximum Gasteiger partial charge on any atom is 0.328 e. The zero-order valence-corrected chi connectivity index (χ0v) is 31.1. The molecular formula is C41H50N10O4. The third-order valence-corrected chi connectivity index (χ3v) is 8.72. The van der Waals surface area contributed by atoms with Crippen molar-refractivity contribution in [2.45, 2.75) is 57.2 Å². The van der Waals surface area contributed by atoms with Gasteiger partial charge in [-0.25, -0.2) is 9.48 Å². The second kappa shape index (κ2) is 20.9. The number of unbranched alkanes of at least 4 members (excludes halogenated alkanes) is 1. The van der Waals surface area contributed by atoms with Crippen LogP contribution in [0.1, 0.15) is 42.9 Å². The molecule has 0 aliphatic rings. The largest absolute Gasteiger partial charge is 0.462 e. The first kappa shape index (κ1) is 40.1. The Morgan fingerprint density at radius 2 is 1.49 bits per heavy atom. The number of anilines is 2. The van der Waals surface area contributed by atoms with Crippen molar-refractivity contribution in [1.29, 1.82) is 0 Å². The summed E-state index contributed by atoms with van der Waals surface area (Å²) < 4.78 is 7.34. The Morgan fingerprint density at radius 1 is 0.818 bits per heavy atom. The van der Waals surface area contributed by atoms with Crippen LogP contribution in [-0.2, 0) is 32.0 Å². The number of carbonyl (C=O) groups excluding carboxylic acids is 3. The minimum absolute atomic E-state index is 0.0255. The third kappa shape index (κ3) is 12.5. The molecule has 8 N–H and O–H groups in total. The Bertz CT molecular complexity index is 1990. The van der Waals surface area contributed by atoms with Gasteiger partial charge in [0, 0.05) is 19.2 Å². The first-order valence-electron chi connectivity index (χ1n) is 18.6. The zero-order valence-electron chi connectivity index (χ0n) is 31.1. The van der Waals surface area contributed by atoms with Crippen LogP contribution in [0.25, 0.3) is 23.3 Å². The third-order valence-electron chi connectivity index (χ3n) is 8.72. The second-order valence-electron chi connectivity index (χ2n) is 13.1. The summed E-state index contributed by atoms with van der Waals surface area (Å²) in [6, 6.07) is 26.6. The number of nitrogens with zero attached hydrogens (tertiary/aromatic N) is 4. The van der Waals surface area contributed by atoms with Crippen LogP contribution in [-0.4, -0.2) is 81.9 Å². The number of rotatable bonds is 21. The highest BCUT2D eigenvalue weighted by molar-refractivity contribution is 5.92. The normalized spacial score (nSPS) is 12.9. The van der Waals surface area contributed by atoms with Gasteiger partial charge in [0.25, 0.3) is 0 Å². The molecule has 288 valence electrons. The van der Waals surface area contributed by atoms with Gasteiger partial charge >= 0.3 is 5.97 Å². The molecule has 0 radical (unpaired) electrons. The Balaban J connectivity index is 1.25. The Kier molecular flexibility index (Phi) is 15.3. The van der Waals surface area contributed by atoms with E-state index in [2.05, 4.69) is 38.5 Å². The number of fused-ring (bicyclic) bond motifs is 1. The lowest BCUT2D eigenvalue weighted by Gasteiger charge is -2.23. The Morgan fingerprint density at radius 3 is 2.18 bits per heavy atom. The average molecular weight is 747 g/mol. The number of aromatic nitrogens is 4. The molecule has 0 unspecified atom stereocenters. The molecule has 0 saturated heterocycles. The summed E-state index contributed by atoms with van der Waals surface area (Å²) in [5.74, 6) is -0.661. The fourth-order valence-electron chi connectivity index (χ4n) is 5.73. The second-order valence-corrected chi connectivity index (χ2v) is 13.1. The van der Waals surface area contributed by atoms with Gasteiger partial charge in [-0.1, -0.05) is 91.0 Å². The number of nitrogens with one attached hydrogen (secondary N) is 4. The Labute approximate surface area is 321 Å². The molecule has 0 saturated carbocycles. The van der Waals surface area contributed by atoms with Crippen LogP contribution in [0.15, 0.2) is 97.2 Å². The van der Waals surface area contributed by atoms with Crippen LogP contribution in [0.4, 0.5) is 11.8 Å². The number of esters is 1. The molecule has 5 rings (SSSR count). The van der Waals surface area contributed by atoms with E-state index in [9.17, 15) is 14.4 Å². The van der Waals surface area contributed by atoms with Crippen molar-refractivity contribution in [3.8, 4) is 0 Å². The van der Waals surface area contributed by atoms with Crippen molar-refractivity contribution in [3.05, 3.63) is 114 Å². The van der Waals surface area contributed by atoms with Crippen LogP contribution in [0.3, 0.4) is 0 Å². The summed E-state index contributed by atoms with van der Waals surface area (Å²) in [7, 11) is 0. The summed E-state index contributed by atoms with van der Waals surface area (Å²) in [5.41, 5.74) is 15.1. The SMILES string of the molecule is C[C@@H](N)C(=O)N[C@@H](Cc1ccccc1)C(=O)N[C@@H](CCCCN)C(=O)OCCNc1nc(NCCc2ccccc2)c2cnn(/C=C/c3ccccc3)c2n1. The summed E-state index contributed by atoms with van der Waals surface area (Å²) in [6.45, 7) is 2.78. The molecule has 3 aromatic carbocycles. The molecule has 55 heavy (non-hydrogen) atoms. The van der Waals surface area contributed by atoms with Gasteiger partial charge in [-0.05, 0) is 61.9 Å².